The van der Waals surface area contributed by atoms with Crippen LogP contribution < -0.4 is 10.1 Å². The third-order valence-corrected chi connectivity index (χ3v) is 2.25. The molecule has 0 aliphatic rings. The molecule has 0 saturated carbocycles. The van der Waals surface area contributed by atoms with Crippen LogP contribution in [0.25, 0.3) is 0 Å². The zero-order valence-electron chi connectivity index (χ0n) is 8.52. The Bertz CT molecular complexity index is 354. The predicted octanol–water partition coefficient (Wildman–Crippen LogP) is 2.74. The van der Waals surface area contributed by atoms with Crippen LogP contribution in [0, 0.1) is 5.82 Å². The van der Waals surface area contributed by atoms with Gasteiger partial charge in [0.2, 0.25) is 0 Å². The van der Waals surface area contributed by atoms with Gasteiger partial charge in [0.05, 0.1) is 0 Å². The molecule has 0 radical (unpaired) electrons. The van der Waals surface area contributed by atoms with E-state index >= 15 is 0 Å². The lowest BCUT2D eigenvalue weighted by Crippen LogP contribution is -2.14. The van der Waals surface area contributed by atoms with E-state index < -0.39 is 0 Å². The van der Waals surface area contributed by atoms with Crippen molar-refractivity contribution in [1.82, 2.24) is 5.32 Å². The molecule has 1 aromatic carbocycles. The van der Waals surface area contributed by atoms with E-state index in [0.717, 1.165) is 5.57 Å². The molecule has 1 N–H and O–H groups in total. The quantitative estimate of drug-likeness (QED) is 0.834. The minimum atomic E-state index is -0.373. The van der Waals surface area contributed by atoms with E-state index in [1.807, 2.05) is 7.05 Å². The van der Waals surface area contributed by atoms with Crippen molar-refractivity contribution in [3.63, 3.8) is 0 Å². The molecular weight excluding hydrogens is 261 g/mol. The Kier molecular flexibility index (Phi) is 4.78. The molecule has 0 spiro atoms. The Labute approximate surface area is 97.3 Å². The average Bonchev–Trinajstić information content (AvgIpc) is 2.17. The second-order valence-electron chi connectivity index (χ2n) is 3.14. The topological polar surface area (TPSA) is 21.3 Å². The molecule has 0 amide bonds. The molecule has 0 fully saturated rings. The number of benzene rings is 1. The zero-order valence-corrected chi connectivity index (χ0v) is 10.1. The standard InChI is InChI=1S/C11H13BrFNO/c1-8(6-14-2)7-15-11-4-3-9(12)5-10(11)13/h3-5,14H,1,6-7H2,2H3. The van der Waals surface area contributed by atoms with E-state index in [1.54, 1.807) is 12.1 Å². The van der Waals surface area contributed by atoms with Gasteiger partial charge >= 0.3 is 0 Å². The number of hydrogen-bond donors (Lipinski definition) is 1. The summed E-state index contributed by atoms with van der Waals surface area (Å²) in [6, 6.07) is 4.70. The smallest absolute Gasteiger partial charge is 0.166 e. The first kappa shape index (κ1) is 12.2. The van der Waals surface area contributed by atoms with Crippen molar-refractivity contribution in [3.8, 4) is 5.75 Å². The third-order valence-electron chi connectivity index (χ3n) is 1.75. The van der Waals surface area contributed by atoms with Crippen LogP contribution in [0.1, 0.15) is 0 Å². The first-order chi connectivity index (χ1) is 7.13. The number of hydrogen-bond acceptors (Lipinski definition) is 2. The minimum absolute atomic E-state index is 0.246. The van der Waals surface area contributed by atoms with Crippen molar-refractivity contribution in [1.29, 1.82) is 0 Å². The predicted molar refractivity (Wildman–Crippen MR) is 62.7 cm³/mol. The first-order valence-electron chi connectivity index (χ1n) is 4.52. The van der Waals surface area contributed by atoms with Gasteiger partial charge in [0.1, 0.15) is 6.61 Å². The lowest BCUT2D eigenvalue weighted by Gasteiger charge is -2.09. The molecule has 15 heavy (non-hydrogen) atoms. The molecule has 0 saturated heterocycles. The fourth-order valence-electron chi connectivity index (χ4n) is 1.07. The molecule has 0 heterocycles. The molecule has 1 rings (SSSR count). The highest BCUT2D eigenvalue weighted by Crippen LogP contribution is 2.21. The SMILES string of the molecule is C=C(CNC)COc1ccc(Br)cc1F. The van der Waals surface area contributed by atoms with Gasteiger partial charge in [-0.25, -0.2) is 4.39 Å². The van der Waals surface area contributed by atoms with E-state index in [0.29, 0.717) is 17.6 Å². The first-order valence-corrected chi connectivity index (χ1v) is 5.32. The van der Waals surface area contributed by atoms with Crippen molar-refractivity contribution >= 4 is 15.9 Å². The summed E-state index contributed by atoms with van der Waals surface area (Å²) < 4.78 is 19.3. The Hall–Kier alpha value is -0.870. The van der Waals surface area contributed by atoms with Gasteiger partial charge in [-0.1, -0.05) is 22.5 Å². The Morgan fingerprint density at radius 3 is 2.93 bits per heavy atom. The van der Waals surface area contributed by atoms with Gasteiger partial charge in [-0.05, 0) is 30.8 Å². The fraction of sp³-hybridized carbons (Fsp3) is 0.273. The maximum atomic E-state index is 13.3. The maximum absolute atomic E-state index is 13.3. The molecule has 82 valence electrons. The molecule has 0 aliphatic heterocycles. The summed E-state index contributed by atoms with van der Waals surface area (Å²) in [5, 5.41) is 2.95. The highest BCUT2D eigenvalue weighted by atomic mass is 79.9. The van der Waals surface area contributed by atoms with Gasteiger partial charge in [0.15, 0.2) is 11.6 Å². The van der Waals surface area contributed by atoms with Crippen LogP contribution in [-0.4, -0.2) is 20.2 Å². The fourth-order valence-corrected chi connectivity index (χ4v) is 1.41. The number of nitrogens with one attached hydrogen (secondary N) is 1. The summed E-state index contributed by atoms with van der Waals surface area (Å²) in [6.45, 7) is 4.77. The summed E-state index contributed by atoms with van der Waals surface area (Å²) >= 11 is 3.18. The molecule has 0 atom stereocenters. The number of ether oxygens (including phenoxy) is 1. The second kappa shape index (κ2) is 5.88. The zero-order chi connectivity index (χ0) is 11.3. The van der Waals surface area contributed by atoms with Gasteiger partial charge in [-0.15, -0.1) is 0 Å². The van der Waals surface area contributed by atoms with Gasteiger partial charge in [-0.3, -0.25) is 0 Å². The van der Waals surface area contributed by atoms with Gasteiger partial charge in [-0.2, -0.15) is 0 Å². The van der Waals surface area contributed by atoms with Crippen LogP contribution in [0.15, 0.2) is 34.8 Å². The molecule has 0 bridgehead atoms. The molecular formula is C11H13BrFNO. The Morgan fingerprint density at radius 2 is 2.33 bits per heavy atom. The van der Waals surface area contributed by atoms with Gasteiger partial charge in [0, 0.05) is 11.0 Å². The summed E-state index contributed by atoms with van der Waals surface area (Å²) in [6.07, 6.45) is 0. The van der Waals surface area contributed by atoms with Crippen molar-refractivity contribution < 1.29 is 9.13 Å². The molecule has 0 aromatic heterocycles. The monoisotopic (exact) mass is 273 g/mol. The van der Waals surface area contributed by atoms with E-state index in [4.69, 9.17) is 4.74 Å². The van der Waals surface area contributed by atoms with Crippen LogP contribution in [0.3, 0.4) is 0 Å². The van der Waals surface area contributed by atoms with Crippen molar-refractivity contribution in [3.05, 3.63) is 40.6 Å². The van der Waals surface area contributed by atoms with Crippen LogP contribution >= 0.6 is 15.9 Å². The van der Waals surface area contributed by atoms with Crippen LogP contribution in [0.4, 0.5) is 4.39 Å². The average molecular weight is 274 g/mol. The van der Waals surface area contributed by atoms with Crippen LogP contribution in [0.2, 0.25) is 0 Å². The maximum Gasteiger partial charge on any atom is 0.166 e. The van der Waals surface area contributed by atoms with Crippen molar-refractivity contribution in [2.45, 2.75) is 0 Å². The van der Waals surface area contributed by atoms with Crippen molar-refractivity contribution in [2.75, 3.05) is 20.2 Å². The molecule has 0 unspecified atom stereocenters. The lowest BCUT2D eigenvalue weighted by atomic mass is 10.3. The third kappa shape index (κ3) is 4.01. The summed E-state index contributed by atoms with van der Waals surface area (Å²) in [5.41, 5.74) is 0.875. The second-order valence-corrected chi connectivity index (χ2v) is 4.06. The minimum Gasteiger partial charge on any atom is -0.486 e. The number of halogens is 2. The van der Waals surface area contributed by atoms with Gasteiger partial charge < -0.3 is 10.1 Å². The molecule has 0 aliphatic carbocycles. The molecule has 4 heteroatoms. The highest BCUT2D eigenvalue weighted by molar-refractivity contribution is 9.10. The Balaban J connectivity index is 2.54. The van der Waals surface area contributed by atoms with E-state index in [-0.39, 0.29) is 11.6 Å². The summed E-state index contributed by atoms with van der Waals surface area (Å²) in [4.78, 5) is 0. The molecule has 1 aromatic rings. The van der Waals surface area contributed by atoms with Crippen LogP contribution in [0.5, 0.6) is 5.75 Å². The van der Waals surface area contributed by atoms with E-state index in [1.165, 1.54) is 6.07 Å². The largest absolute Gasteiger partial charge is 0.486 e. The van der Waals surface area contributed by atoms with E-state index in [9.17, 15) is 4.39 Å². The van der Waals surface area contributed by atoms with Crippen molar-refractivity contribution in [2.24, 2.45) is 0 Å². The number of rotatable bonds is 5. The van der Waals surface area contributed by atoms with E-state index in [2.05, 4.69) is 27.8 Å². The normalized spacial score (nSPS) is 10.1. The lowest BCUT2D eigenvalue weighted by molar-refractivity contribution is 0.329. The Morgan fingerprint density at radius 1 is 1.60 bits per heavy atom. The highest BCUT2D eigenvalue weighted by Gasteiger charge is 2.04. The number of likely N-dealkylation sites (N-methyl/N-ethyl adjacent to an activating group) is 1. The van der Waals surface area contributed by atoms with Crippen LogP contribution in [-0.2, 0) is 0 Å². The molecule has 2 nitrogen and oxygen atoms in total. The van der Waals surface area contributed by atoms with Gasteiger partial charge in [0.25, 0.3) is 0 Å². The summed E-state index contributed by atoms with van der Waals surface area (Å²) in [5.74, 6) is -0.128. The summed E-state index contributed by atoms with van der Waals surface area (Å²) in [7, 11) is 1.82.